The summed E-state index contributed by atoms with van der Waals surface area (Å²) in [5.74, 6) is 0.743. The van der Waals surface area contributed by atoms with Crippen molar-refractivity contribution in [1.29, 1.82) is 0 Å². The van der Waals surface area contributed by atoms with Crippen LogP contribution in [0.15, 0.2) is 83.0 Å². The highest BCUT2D eigenvalue weighted by molar-refractivity contribution is 6.00. The first-order chi connectivity index (χ1) is 29.7. The molecule has 4 aromatic heterocycles. The molecule has 16 heteroatoms. The summed E-state index contributed by atoms with van der Waals surface area (Å²) in [6.45, 7) is 11.7. The summed E-state index contributed by atoms with van der Waals surface area (Å²) in [5.41, 5.74) is 6.94. The van der Waals surface area contributed by atoms with Gasteiger partial charge < -0.3 is 15.1 Å². The molecule has 10 rings (SSSR count). The lowest BCUT2D eigenvalue weighted by molar-refractivity contribution is -0.135. The van der Waals surface area contributed by atoms with Crippen LogP contribution in [0.3, 0.4) is 0 Å². The number of aryl methyl sites for hydroxylation is 2. The maximum absolute atomic E-state index is 13.6. The molecule has 2 aromatic carbocycles. The molecule has 314 valence electrons. The number of benzene rings is 2. The van der Waals surface area contributed by atoms with Gasteiger partial charge in [0.15, 0.2) is 11.5 Å². The molecule has 3 fully saturated rings. The van der Waals surface area contributed by atoms with Gasteiger partial charge >= 0.3 is 5.69 Å². The summed E-state index contributed by atoms with van der Waals surface area (Å²) in [7, 11) is 1.76. The molecule has 0 bridgehead atoms. The first-order valence-electron chi connectivity index (χ1n) is 21.4. The number of hydrogen-bond acceptors (Lipinski definition) is 11. The molecule has 3 aliphatic heterocycles. The predicted molar refractivity (Wildman–Crippen MR) is 235 cm³/mol. The number of rotatable bonds is 10. The summed E-state index contributed by atoms with van der Waals surface area (Å²) < 4.78 is 6.61. The molecule has 3 saturated heterocycles. The standard InChI is InChI=1S/C45H50N12O4/c1-4-20-55-43(60)33-26-46-44(50-41(33)57(55)37-17-11-29-10-9-28(5-2)39(29)48-37)47-30-12-14-31(15-13-30)54-21-19-32(27-54)52-22-24-53(25-23-52)34-7-6-8-35-40(34)51(3)45(61)56(35)36-16-18-38(58)49-42(36)59/h4,6-8,11-15,17,26,28,32,36H,1,5,9-10,16,18-25,27H2,2-3H3,(H,46,47,50)(H,49,58,59). The lowest BCUT2D eigenvalue weighted by Crippen LogP contribution is -2.51. The maximum atomic E-state index is 13.6. The van der Waals surface area contributed by atoms with Gasteiger partial charge in [-0.15, -0.1) is 6.58 Å². The van der Waals surface area contributed by atoms with Gasteiger partial charge in [-0.25, -0.2) is 24.1 Å². The molecule has 7 heterocycles. The van der Waals surface area contributed by atoms with Crippen LogP contribution < -0.4 is 31.7 Å². The Balaban J connectivity index is 0.805. The number of anilines is 4. The van der Waals surface area contributed by atoms with Crippen molar-refractivity contribution < 1.29 is 9.59 Å². The van der Waals surface area contributed by atoms with E-state index in [1.54, 1.807) is 37.8 Å². The van der Waals surface area contributed by atoms with Crippen molar-refractivity contribution in [2.75, 3.05) is 54.4 Å². The molecule has 0 saturated carbocycles. The minimum atomic E-state index is -0.710. The van der Waals surface area contributed by atoms with E-state index < -0.39 is 11.9 Å². The van der Waals surface area contributed by atoms with Crippen LogP contribution in [-0.2, 0) is 29.6 Å². The Kier molecular flexibility index (Phi) is 9.81. The van der Waals surface area contributed by atoms with Crippen molar-refractivity contribution in [1.82, 2.24) is 43.7 Å². The van der Waals surface area contributed by atoms with E-state index >= 15 is 0 Å². The molecule has 3 unspecified atom stereocenters. The van der Waals surface area contributed by atoms with E-state index in [9.17, 15) is 19.2 Å². The van der Waals surface area contributed by atoms with Gasteiger partial charge in [0.05, 0.1) is 23.3 Å². The van der Waals surface area contributed by atoms with Gasteiger partial charge in [0.1, 0.15) is 11.4 Å². The lowest BCUT2D eigenvalue weighted by atomic mass is 10.0. The number of carbonyl (C=O) groups excluding carboxylic acids is 2. The molecule has 4 aliphatic rings. The van der Waals surface area contributed by atoms with Crippen molar-refractivity contribution in [3.05, 3.63) is 106 Å². The van der Waals surface area contributed by atoms with Crippen LogP contribution >= 0.6 is 0 Å². The van der Waals surface area contributed by atoms with E-state index in [2.05, 4.69) is 68.1 Å². The zero-order chi connectivity index (χ0) is 41.9. The van der Waals surface area contributed by atoms with Crippen molar-refractivity contribution >= 4 is 56.9 Å². The van der Waals surface area contributed by atoms with Gasteiger partial charge in [-0.05, 0) is 80.1 Å². The Morgan fingerprint density at radius 1 is 0.902 bits per heavy atom. The fourth-order valence-corrected chi connectivity index (χ4v) is 10.0. The van der Waals surface area contributed by atoms with Gasteiger partial charge in [0.2, 0.25) is 17.8 Å². The number of imidazole rings is 1. The monoisotopic (exact) mass is 822 g/mol. The average Bonchev–Trinajstić information content (AvgIpc) is 4.05. The Hall–Kier alpha value is -6.55. The third-order valence-corrected chi connectivity index (χ3v) is 13.3. The van der Waals surface area contributed by atoms with Crippen LogP contribution in [0.25, 0.3) is 27.9 Å². The summed E-state index contributed by atoms with van der Waals surface area (Å²) >= 11 is 0. The van der Waals surface area contributed by atoms with Crippen molar-refractivity contribution in [3.63, 3.8) is 0 Å². The number of aromatic nitrogens is 7. The lowest BCUT2D eigenvalue weighted by Gasteiger charge is -2.39. The van der Waals surface area contributed by atoms with E-state index in [1.807, 2.05) is 30.3 Å². The van der Waals surface area contributed by atoms with Crippen molar-refractivity contribution in [3.8, 4) is 5.82 Å². The second-order valence-electron chi connectivity index (χ2n) is 16.7. The van der Waals surface area contributed by atoms with Crippen LogP contribution in [0.2, 0.25) is 0 Å². The number of pyridine rings is 1. The molecule has 6 aromatic rings. The normalized spacial score (nSPS) is 20.8. The zero-order valence-corrected chi connectivity index (χ0v) is 34.6. The number of piperidine rings is 1. The van der Waals surface area contributed by atoms with E-state index in [0.717, 1.165) is 93.2 Å². The second-order valence-corrected chi connectivity index (χ2v) is 16.7. The van der Waals surface area contributed by atoms with E-state index in [-0.39, 0.29) is 23.6 Å². The van der Waals surface area contributed by atoms with Gasteiger partial charge in [0.25, 0.3) is 5.56 Å². The summed E-state index contributed by atoms with van der Waals surface area (Å²) in [5, 5.41) is 6.18. The summed E-state index contributed by atoms with van der Waals surface area (Å²) in [6.07, 6.45) is 8.03. The zero-order valence-electron chi connectivity index (χ0n) is 34.6. The highest BCUT2D eigenvalue weighted by Crippen LogP contribution is 2.35. The Labute approximate surface area is 352 Å². The number of carbonyl (C=O) groups is 2. The number of allylic oxidation sites excluding steroid dienone is 1. The molecular weight excluding hydrogens is 773 g/mol. The predicted octanol–water partition coefficient (Wildman–Crippen LogP) is 4.38. The van der Waals surface area contributed by atoms with Crippen LogP contribution in [0.5, 0.6) is 0 Å². The quantitative estimate of drug-likeness (QED) is 0.149. The largest absolute Gasteiger partial charge is 0.370 e. The minimum absolute atomic E-state index is 0.184. The number of piperazine rings is 1. The molecule has 1 aliphatic carbocycles. The third-order valence-electron chi connectivity index (χ3n) is 13.3. The van der Waals surface area contributed by atoms with Crippen molar-refractivity contribution in [2.24, 2.45) is 7.05 Å². The molecule has 61 heavy (non-hydrogen) atoms. The molecular formula is C45H50N12O4. The van der Waals surface area contributed by atoms with Crippen molar-refractivity contribution in [2.45, 2.75) is 70.0 Å². The molecule has 16 nitrogen and oxygen atoms in total. The Morgan fingerprint density at radius 2 is 1.72 bits per heavy atom. The fourth-order valence-electron chi connectivity index (χ4n) is 10.0. The number of imide groups is 1. The van der Waals surface area contributed by atoms with E-state index in [1.165, 1.54) is 5.56 Å². The van der Waals surface area contributed by atoms with E-state index in [4.69, 9.17) is 9.97 Å². The number of amides is 2. The molecule has 2 N–H and O–H groups in total. The number of nitrogens with one attached hydrogen (secondary N) is 2. The smallest absolute Gasteiger partial charge is 0.329 e. The number of fused-ring (bicyclic) bond motifs is 3. The number of para-hydroxylation sites is 1. The number of hydrogen-bond donors (Lipinski definition) is 2. The van der Waals surface area contributed by atoms with Crippen LogP contribution in [0.4, 0.5) is 23.0 Å². The van der Waals surface area contributed by atoms with Crippen LogP contribution in [-0.4, -0.2) is 95.5 Å². The maximum Gasteiger partial charge on any atom is 0.329 e. The average molecular weight is 823 g/mol. The molecule has 3 atom stereocenters. The second kappa shape index (κ2) is 15.5. The molecule has 0 radical (unpaired) electrons. The van der Waals surface area contributed by atoms with Gasteiger partial charge in [-0.2, -0.15) is 4.98 Å². The number of nitrogens with zero attached hydrogens (tertiary/aromatic N) is 10. The minimum Gasteiger partial charge on any atom is -0.370 e. The first kappa shape index (κ1) is 38.6. The fraction of sp³-hybridized carbons (Fsp3) is 0.400. The Bertz CT molecular complexity index is 2830. The molecule has 2 amide bonds. The Morgan fingerprint density at radius 3 is 2.49 bits per heavy atom. The highest BCUT2D eigenvalue weighted by atomic mass is 16.2. The highest BCUT2D eigenvalue weighted by Gasteiger charge is 2.34. The third kappa shape index (κ3) is 6.69. The van der Waals surface area contributed by atoms with Crippen LogP contribution in [0.1, 0.15) is 62.2 Å². The van der Waals surface area contributed by atoms with E-state index in [0.29, 0.717) is 53.2 Å². The first-order valence-corrected chi connectivity index (χ1v) is 21.4. The molecule has 0 spiro atoms. The van der Waals surface area contributed by atoms with Gasteiger partial charge in [0, 0.05) is 88.0 Å². The topological polar surface area (TPSA) is 160 Å². The SMILES string of the molecule is C=CCn1c(=O)c2cnc(Nc3ccc(N4CCC(N5CCN(c6cccc7c6n(C)c(=O)n7C6CCC(=O)NC6=O)CC5)C4)cc3)nc2n1-c1ccc2c(n1)C(CC)CC2. The van der Waals surface area contributed by atoms with Gasteiger partial charge in [-0.1, -0.05) is 25.1 Å². The van der Waals surface area contributed by atoms with Gasteiger partial charge in [-0.3, -0.25) is 33.7 Å². The summed E-state index contributed by atoms with van der Waals surface area (Å²) in [6, 6.07) is 18.1. The van der Waals surface area contributed by atoms with Crippen LogP contribution in [0, 0.1) is 0 Å². The summed E-state index contributed by atoms with van der Waals surface area (Å²) in [4.78, 5) is 73.5.